The normalized spacial score (nSPS) is 14.3. The van der Waals surface area contributed by atoms with E-state index in [-0.39, 0.29) is 24.5 Å². The number of amides is 2. The van der Waals surface area contributed by atoms with Crippen molar-refractivity contribution in [2.75, 3.05) is 26.9 Å². The molecule has 11 heteroatoms. The van der Waals surface area contributed by atoms with Crippen molar-refractivity contribution in [1.29, 1.82) is 0 Å². The molecule has 0 unspecified atom stereocenters. The fourth-order valence-electron chi connectivity index (χ4n) is 3.08. The molecule has 1 heterocycles. The minimum absolute atomic E-state index is 0.119. The van der Waals surface area contributed by atoms with E-state index in [0.717, 1.165) is 16.9 Å². The van der Waals surface area contributed by atoms with Crippen molar-refractivity contribution in [3.05, 3.63) is 65.5 Å². The van der Waals surface area contributed by atoms with Gasteiger partial charge in [0.25, 0.3) is 0 Å². The Balaban J connectivity index is 1.74. The molecule has 0 aromatic heterocycles. The Morgan fingerprint density at radius 2 is 1.81 bits per heavy atom. The molecule has 0 radical (unpaired) electrons. The lowest BCUT2D eigenvalue weighted by Gasteiger charge is -2.35. The van der Waals surface area contributed by atoms with Crippen LogP contribution in [0.5, 0.6) is 5.75 Å². The first-order valence-corrected chi connectivity index (χ1v) is 9.99. The van der Waals surface area contributed by atoms with Gasteiger partial charge in [-0.05, 0) is 35.4 Å². The highest BCUT2D eigenvalue weighted by atomic mass is 19.1. The van der Waals surface area contributed by atoms with E-state index in [0.29, 0.717) is 32.1 Å². The number of urea groups is 1. The molecule has 0 atom stereocenters. The van der Waals surface area contributed by atoms with Crippen molar-refractivity contribution in [3.63, 3.8) is 0 Å². The number of hydrogen-bond donors (Lipinski definition) is 4. The number of methoxy groups -OCH3 is 1. The van der Waals surface area contributed by atoms with E-state index in [1.54, 1.807) is 29.0 Å². The summed E-state index contributed by atoms with van der Waals surface area (Å²) in [5.74, 6) is 6.16. The van der Waals surface area contributed by atoms with Gasteiger partial charge in [0.05, 0.1) is 20.2 Å². The second-order valence-corrected chi connectivity index (χ2v) is 7.00. The average Bonchev–Trinajstić information content (AvgIpc) is 2.82. The van der Waals surface area contributed by atoms with Crippen LogP contribution < -0.4 is 27.1 Å². The second-order valence-electron chi connectivity index (χ2n) is 7.00. The smallest absolute Gasteiger partial charge is 0.328 e. The average molecular weight is 442 g/mol. The van der Waals surface area contributed by atoms with Gasteiger partial charge in [-0.1, -0.05) is 24.3 Å². The Hall–Kier alpha value is -3.86. The molecule has 0 bridgehead atoms. The van der Waals surface area contributed by atoms with Gasteiger partial charge in [-0.3, -0.25) is 15.3 Å². The zero-order valence-corrected chi connectivity index (χ0v) is 17.8. The van der Waals surface area contributed by atoms with Gasteiger partial charge >= 0.3 is 6.03 Å². The molecule has 10 nitrogen and oxygen atoms in total. The minimum atomic E-state index is -0.322. The van der Waals surface area contributed by atoms with E-state index in [1.165, 1.54) is 12.1 Å². The zero-order chi connectivity index (χ0) is 22.9. The van der Waals surface area contributed by atoms with Crippen LogP contribution in [0.3, 0.4) is 0 Å². The van der Waals surface area contributed by atoms with Gasteiger partial charge in [-0.25, -0.2) is 20.0 Å². The molecule has 2 aromatic carbocycles. The van der Waals surface area contributed by atoms with Crippen LogP contribution in [0, 0.1) is 5.82 Å². The molecule has 0 fully saturated rings. The Bertz CT molecular complexity index is 963. The van der Waals surface area contributed by atoms with Crippen LogP contribution in [0.1, 0.15) is 11.1 Å². The first-order valence-electron chi connectivity index (χ1n) is 9.99. The number of rotatable bonds is 8. The number of aliphatic imine (C=N–C) groups is 2. The maximum atomic E-state index is 13.3. The highest BCUT2D eigenvalue weighted by molar-refractivity contribution is 5.97. The van der Waals surface area contributed by atoms with Gasteiger partial charge in [0, 0.05) is 13.1 Å². The molecule has 32 heavy (non-hydrogen) atoms. The zero-order valence-electron chi connectivity index (χ0n) is 17.8. The molecular formula is C21H27FN8O2. The predicted octanol–water partition coefficient (Wildman–Crippen LogP) is 0.953. The quantitative estimate of drug-likeness (QED) is 0.158. The molecule has 6 N–H and O–H groups in total. The summed E-state index contributed by atoms with van der Waals surface area (Å²) >= 11 is 0. The third-order valence-corrected chi connectivity index (χ3v) is 4.76. The summed E-state index contributed by atoms with van der Waals surface area (Å²) in [5, 5.41) is 3.14. The van der Waals surface area contributed by atoms with Crippen molar-refractivity contribution in [2.24, 2.45) is 21.6 Å². The third-order valence-electron chi connectivity index (χ3n) is 4.76. The molecule has 1 aliphatic rings. The molecule has 0 saturated carbocycles. The summed E-state index contributed by atoms with van der Waals surface area (Å²) in [6.07, 6.45) is 0. The number of carbonyl (C=O) groups is 1. The topological polar surface area (TPSA) is 134 Å². The van der Waals surface area contributed by atoms with Crippen LogP contribution in [-0.2, 0) is 13.1 Å². The summed E-state index contributed by atoms with van der Waals surface area (Å²) in [4.78, 5) is 25.0. The number of hydrogen-bond acceptors (Lipinski definition) is 6. The number of benzene rings is 2. The summed E-state index contributed by atoms with van der Waals surface area (Å²) in [5.41, 5.74) is 9.50. The van der Waals surface area contributed by atoms with Gasteiger partial charge in [0.2, 0.25) is 11.9 Å². The van der Waals surface area contributed by atoms with Crippen molar-refractivity contribution < 1.29 is 13.9 Å². The van der Waals surface area contributed by atoms with Crippen LogP contribution in [0.4, 0.5) is 9.18 Å². The lowest BCUT2D eigenvalue weighted by molar-refractivity contribution is 0.163. The number of guanidine groups is 2. The molecule has 3 rings (SSSR count). The summed E-state index contributed by atoms with van der Waals surface area (Å²) in [7, 11) is 1.60. The van der Waals surface area contributed by atoms with Gasteiger partial charge in [-0.15, -0.1) is 0 Å². The molecule has 1 aliphatic heterocycles. The number of halogens is 1. The molecule has 170 valence electrons. The fraction of sp³-hybridized carbons (Fsp3) is 0.286. The molecular weight excluding hydrogens is 415 g/mol. The van der Waals surface area contributed by atoms with Gasteiger partial charge in [0.15, 0.2) is 0 Å². The standard InChI is InChI=1S/C21H27FN8O2/c1-32-18-8-4-16(5-9-18)13-30-20(26-11-10-25-19(23)28-24)27-14-29(21(30)31)12-15-2-6-17(22)7-3-15/h2-9H,10-14,24H2,1H3,(H,26,27)(H3,23,25,28). The predicted molar refractivity (Wildman–Crippen MR) is 120 cm³/mol. The third kappa shape index (κ3) is 6.08. The van der Waals surface area contributed by atoms with Gasteiger partial charge < -0.3 is 20.7 Å². The highest BCUT2D eigenvalue weighted by Crippen LogP contribution is 2.18. The van der Waals surface area contributed by atoms with E-state index in [2.05, 4.69) is 20.7 Å². The lowest BCUT2D eigenvalue weighted by Crippen LogP contribution is -2.54. The number of carbonyl (C=O) groups excluding carboxylic acids is 1. The van der Waals surface area contributed by atoms with Crippen LogP contribution >= 0.6 is 0 Å². The monoisotopic (exact) mass is 442 g/mol. The molecule has 2 aromatic rings. The molecule has 2 amide bonds. The van der Waals surface area contributed by atoms with Crippen molar-refractivity contribution in [3.8, 4) is 5.75 Å². The fourth-order valence-corrected chi connectivity index (χ4v) is 3.08. The van der Waals surface area contributed by atoms with Crippen LogP contribution in [-0.4, -0.2) is 54.6 Å². The summed E-state index contributed by atoms with van der Waals surface area (Å²) < 4.78 is 18.4. The molecule has 0 saturated heterocycles. The van der Waals surface area contributed by atoms with E-state index in [4.69, 9.17) is 16.3 Å². The largest absolute Gasteiger partial charge is 0.497 e. The first kappa shape index (κ1) is 22.8. The Morgan fingerprint density at radius 3 is 2.47 bits per heavy atom. The van der Waals surface area contributed by atoms with E-state index in [1.807, 2.05) is 24.3 Å². The van der Waals surface area contributed by atoms with Gasteiger partial charge in [-0.2, -0.15) is 0 Å². The number of hydrazine groups is 1. The Labute approximate surface area is 185 Å². The van der Waals surface area contributed by atoms with Crippen molar-refractivity contribution >= 4 is 18.0 Å². The van der Waals surface area contributed by atoms with E-state index >= 15 is 0 Å². The number of nitrogens with two attached hydrogens (primary N) is 2. The van der Waals surface area contributed by atoms with Crippen molar-refractivity contribution in [2.45, 2.75) is 13.1 Å². The van der Waals surface area contributed by atoms with Crippen molar-refractivity contribution in [1.82, 2.24) is 20.5 Å². The van der Waals surface area contributed by atoms with E-state index < -0.39 is 0 Å². The second kappa shape index (κ2) is 11.0. The first-order chi connectivity index (χ1) is 15.5. The number of ether oxygens (including phenoxy) is 1. The summed E-state index contributed by atoms with van der Waals surface area (Å²) in [6.45, 7) is 1.56. The molecule has 0 spiro atoms. The van der Waals surface area contributed by atoms with Crippen LogP contribution in [0.25, 0.3) is 0 Å². The minimum Gasteiger partial charge on any atom is -0.497 e. The van der Waals surface area contributed by atoms with Crippen LogP contribution in [0.2, 0.25) is 0 Å². The Kier molecular flexibility index (Phi) is 7.81. The summed E-state index contributed by atoms with van der Waals surface area (Å²) in [6, 6.07) is 13.3. The molecule has 0 aliphatic carbocycles. The number of nitrogens with zero attached hydrogens (tertiary/aromatic N) is 4. The number of nitrogens with one attached hydrogen (secondary N) is 2. The highest BCUT2D eigenvalue weighted by Gasteiger charge is 2.29. The SMILES string of the molecule is COc1ccc(CN2C(=O)N(Cc3ccc(F)cc3)CN=C2NCCN=C(N)NN)cc1. The van der Waals surface area contributed by atoms with E-state index in [9.17, 15) is 9.18 Å². The lowest BCUT2D eigenvalue weighted by atomic mass is 10.2. The van der Waals surface area contributed by atoms with Gasteiger partial charge in [0.1, 0.15) is 18.2 Å². The maximum absolute atomic E-state index is 13.3. The van der Waals surface area contributed by atoms with Crippen LogP contribution in [0.15, 0.2) is 58.5 Å². The Morgan fingerprint density at radius 1 is 1.16 bits per heavy atom. The maximum Gasteiger partial charge on any atom is 0.328 e.